The van der Waals surface area contributed by atoms with Gasteiger partial charge in [0, 0.05) is 18.5 Å². The second-order valence-corrected chi connectivity index (χ2v) is 6.31. The number of alkyl halides is 3. The topological polar surface area (TPSA) is 102 Å². The summed E-state index contributed by atoms with van der Waals surface area (Å²) in [7, 11) is 0. The van der Waals surface area contributed by atoms with Crippen LogP contribution in [0.1, 0.15) is 18.2 Å². The van der Waals surface area contributed by atoms with Crippen LogP contribution >= 0.6 is 0 Å². The molecule has 0 spiro atoms. The first-order chi connectivity index (χ1) is 13.8. The Hall–Kier alpha value is -3.63. The van der Waals surface area contributed by atoms with E-state index in [4.69, 9.17) is 4.52 Å². The Morgan fingerprint density at radius 1 is 1.17 bits per heavy atom. The van der Waals surface area contributed by atoms with E-state index in [9.17, 15) is 23.1 Å². The number of aromatic hydroxyl groups is 1. The number of hydrogen-bond donors (Lipinski definition) is 1. The van der Waals surface area contributed by atoms with E-state index in [1.165, 1.54) is 35.4 Å². The van der Waals surface area contributed by atoms with Crippen molar-refractivity contribution in [3.63, 3.8) is 0 Å². The van der Waals surface area contributed by atoms with Crippen LogP contribution in [-0.2, 0) is 4.79 Å². The lowest BCUT2D eigenvalue weighted by Gasteiger charge is -2.14. The number of anilines is 1. The summed E-state index contributed by atoms with van der Waals surface area (Å²) in [6.07, 6.45) is -3.39. The summed E-state index contributed by atoms with van der Waals surface area (Å²) in [5, 5.41) is 13.2. The molecule has 1 N–H and O–H groups in total. The summed E-state index contributed by atoms with van der Waals surface area (Å²) in [5.41, 5.74) is 0.441. The molecule has 0 saturated carbocycles. The SMILES string of the molecule is O=C1CC(c2nc(-c3ccc(OC(F)(F)F)cc3)no2)CN1c1ccc(O)cn1. The molecule has 4 rings (SSSR count). The molecule has 1 amide bonds. The van der Waals surface area contributed by atoms with Gasteiger partial charge in [-0.2, -0.15) is 4.98 Å². The van der Waals surface area contributed by atoms with E-state index in [0.717, 1.165) is 12.1 Å². The van der Waals surface area contributed by atoms with Crippen molar-refractivity contribution in [1.82, 2.24) is 15.1 Å². The predicted molar refractivity (Wildman–Crippen MR) is 92.0 cm³/mol. The number of carbonyl (C=O) groups excluding carboxylic acids is 1. The van der Waals surface area contributed by atoms with Crippen LogP contribution in [0.3, 0.4) is 0 Å². The Bertz CT molecular complexity index is 1020. The van der Waals surface area contributed by atoms with Crippen molar-refractivity contribution in [3.8, 4) is 22.9 Å². The zero-order valence-corrected chi connectivity index (χ0v) is 14.6. The van der Waals surface area contributed by atoms with Gasteiger partial charge in [-0.25, -0.2) is 4.98 Å². The van der Waals surface area contributed by atoms with Crippen LogP contribution in [0, 0.1) is 0 Å². The molecule has 1 saturated heterocycles. The van der Waals surface area contributed by atoms with Crippen LogP contribution in [0.2, 0.25) is 0 Å². The number of rotatable bonds is 4. The monoisotopic (exact) mass is 406 g/mol. The van der Waals surface area contributed by atoms with Gasteiger partial charge in [0.05, 0.1) is 12.1 Å². The molecule has 1 aromatic carbocycles. The normalized spacial score (nSPS) is 17.0. The molecule has 150 valence electrons. The largest absolute Gasteiger partial charge is 0.573 e. The quantitative estimate of drug-likeness (QED) is 0.710. The number of benzene rings is 1. The van der Waals surface area contributed by atoms with Gasteiger partial charge in [0.15, 0.2) is 0 Å². The fourth-order valence-electron chi connectivity index (χ4n) is 2.96. The van der Waals surface area contributed by atoms with Gasteiger partial charge in [-0.15, -0.1) is 13.2 Å². The van der Waals surface area contributed by atoms with Gasteiger partial charge in [-0.3, -0.25) is 9.69 Å². The maximum absolute atomic E-state index is 12.3. The van der Waals surface area contributed by atoms with Gasteiger partial charge in [0.2, 0.25) is 17.6 Å². The van der Waals surface area contributed by atoms with Gasteiger partial charge in [0.25, 0.3) is 0 Å². The molecule has 0 radical (unpaired) electrons. The lowest BCUT2D eigenvalue weighted by atomic mass is 10.1. The maximum Gasteiger partial charge on any atom is 0.573 e. The molecule has 29 heavy (non-hydrogen) atoms. The van der Waals surface area contributed by atoms with Crippen LogP contribution < -0.4 is 9.64 Å². The number of carbonyl (C=O) groups is 1. The minimum absolute atomic E-state index is 0.00913. The molecular formula is C18H13F3N4O4. The first kappa shape index (κ1) is 18.7. The number of aromatic nitrogens is 3. The first-order valence-electron chi connectivity index (χ1n) is 8.44. The molecule has 1 atom stereocenters. The highest BCUT2D eigenvalue weighted by atomic mass is 19.4. The molecule has 1 aliphatic heterocycles. The third-order valence-electron chi connectivity index (χ3n) is 4.27. The molecule has 0 aliphatic carbocycles. The van der Waals surface area contributed by atoms with Gasteiger partial charge in [-0.1, -0.05) is 5.16 Å². The number of amides is 1. The maximum atomic E-state index is 12.3. The highest BCUT2D eigenvalue weighted by Gasteiger charge is 2.36. The summed E-state index contributed by atoms with van der Waals surface area (Å²) in [5.74, 6) is -0.0740. The van der Waals surface area contributed by atoms with Gasteiger partial charge >= 0.3 is 6.36 Å². The van der Waals surface area contributed by atoms with Crippen molar-refractivity contribution < 1.29 is 32.3 Å². The van der Waals surface area contributed by atoms with Crippen LogP contribution in [0.25, 0.3) is 11.4 Å². The number of nitrogens with zero attached hydrogens (tertiary/aromatic N) is 4. The highest BCUT2D eigenvalue weighted by Crippen LogP contribution is 2.32. The molecule has 0 bridgehead atoms. The van der Waals surface area contributed by atoms with Crippen molar-refractivity contribution in [3.05, 3.63) is 48.5 Å². The van der Waals surface area contributed by atoms with Gasteiger partial charge in [-0.05, 0) is 36.4 Å². The van der Waals surface area contributed by atoms with Crippen molar-refractivity contribution in [2.24, 2.45) is 0 Å². The van der Waals surface area contributed by atoms with E-state index in [1.54, 1.807) is 0 Å². The van der Waals surface area contributed by atoms with E-state index in [-0.39, 0.29) is 48.0 Å². The average molecular weight is 406 g/mol. The molecule has 3 heterocycles. The lowest BCUT2D eigenvalue weighted by Crippen LogP contribution is -2.25. The number of pyridine rings is 1. The molecular weight excluding hydrogens is 393 g/mol. The zero-order chi connectivity index (χ0) is 20.6. The molecule has 8 nitrogen and oxygen atoms in total. The van der Waals surface area contributed by atoms with Crippen LogP contribution in [-0.4, -0.2) is 39.0 Å². The second kappa shape index (κ2) is 7.08. The highest BCUT2D eigenvalue weighted by molar-refractivity contribution is 5.95. The summed E-state index contributed by atoms with van der Waals surface area (Å²) in [6, 6.07) is 8.01. The minimum atomic E-state index is -4.77. The van der Waals surface area contributed by atoms with Crippen molar-refractivity contribution in [2.45, 2.75) is 18.7 Å². The summed E-state index contributed by atoms with van der Waals surface area (Å²) in [4.78, 5) is 22.0. The Morgan fingerprint density at radius 2 is 1.93 bits per heavy atom. The number of halogens is 3. The van der Waals surface area contributed by atoms with Gasteiger partial charge in [0.1, 0.15) is 17.3 Å². The first-order valence-corrected chi connectivity index (χ1v) is 8.44. The van der Waals surface area contributed by atoms with Crippen molar-refractivity contribution in [1.29, 1.82) is 0 Å². The minimum Gasteiger partial charge on any atom is -0.506 e. The van der Waals surface area contributed by atoms with E-state index >= 15 is 0 Å². The summed E-state index contributed by atoms with van der Waals surface area (Å²) < 4.78 is 45.8. The second-order valence-electron chi connectivity index (χ2n) is 6.31. The smallest absolute Gasteiger partial charge is 0.506 e. The third-order valence-corrected chi connectivity index (χ3v) is 4.27. The van der Waals surface area contributed by atoms with Crippen LogP contribution in [0.4, 0.5) is 19.0 Å². The van der Waals surface area contributed by atoms with Crippen molar-refractivity contribution >= 4 is 11.7 Å². The van der Waals surface area contributed by atoms with Crippen LogP contribution in [0.15, 0.2) is 47.1 Å². The Morgan fingerprint density at radius 3 is 2.59 bits per heavy atom. The molecule has 11 heteroatoms. The molecule has 2 aromatic heterocycles. The van der Waals surface area contributed by atoms with E-state index in [2.05, 4.69) is 19.9 Å². The van der Waals surface area contributed by atoms with E-state index < -0.39 is 6.36 Å². The fraction of sp³-hybridized carbons (Fsp3) is 0.222. The lowest BCUT2D eigenvalue weighted by molar-refractivity contribution is -0.274. The molecule has 1 aliphatic rings. The van der Waals surface area contributed by atoms with Gasteiger partial charge < -0.3 is 14.4 Å². The third kappa shape index (κ3) is 4.13. The average Bonchev–Trinajstić information content (AvgIpc) is 3.29. The van der Waals surface area contributed by atoms with Crippen molar-refractivity contribution in [2.75, 3.05) is 11.4 Å². The summed E-state index contributed by atoms with van der Waals surface area (Å²) >= 11 is 0. The predicted octanol–water partition coefficient (Wildman–Crippen LogP) is 3.26. The van der Waals surface area contributed by atoms with E-state index in [1.807, 2.05) is 0 Å². The standard InChI is InChI=1S/C18H13F3N4O4/c19-18(20,21)28-13-4-1-10(2-5-13)16-23-17(29-24-16)11-7-15(27)25(9-11)14-6-3-12(26)8-22-14/h1-6,8,11,26H,7,9H2. The number of ether oxygens (including phenoxy) is 1. The molecule has 1 unspecified atom stereocenters. The van der Waals surface area contributed by atoms with Crippen LogP contribution in [0.5, 0.6) is 11.5 Å². The Labute approximate surface area is 161 Å². The fourth-order valence-corrected chi connectivity index (χ4v) is 2.96. The summed E-state index contributed by atoms with van der Waals surface area (Å²) in [6.45, 7) is 0.274. The Balaban J connectivity index is 1.48. The van der Waals surface area contributed by atoms with E-state index in [0.29, 0.717) is 11.4 Å². The number of hydrogen-bond acceptors (Lipinski definition) is 7. The molecule has 1 fully saturated rings. The molecule has 3 aromatic rings. The Kier molecular flexibility index (Phi) is 4.57. The zero-order valence-electron chi connectivity index (χ0n) is 14.6.